The Balaban J connectivity index is 2.95. The summed E-state index contributed by atoms with van der Waals surface area (Å²) in [6.45, 7) is 6.74. The summed E-state index contributed by atoms with van der Waals surface area (Å²) in [5, 5.41) is 0. The van der Waals surface area contributed by atoms with E-state index in [2.05, 4.69) is 32.9 Å². The van der Waals surface area contributed by atoms with Crippen LogP contribution in [0.15, 0.2) is 23.9 Å². The van der Waals surface area contributed by atoms with Gasteiger partial charge < -0.3 is 5.73 Å². The first-order valence-corrected chi connectivity index (χ1v) is 4.25. The van der Waals surface area contributed by atoms with Gasteiger partial charge in [0.1, 0.15) is 0 Å². The van der Waals surface area contributed by atoms with E-state index in [0.717, 1.165) is 6.42 Å². The summed E-state index contributed by atoms with van der Waals surface area (Å²) in [7, 11) is 0. The molecule has 0 heterocycles. The van der Waals surface area contributed by atoms with Gasteiger partial charge >= 0.3 is 0 Å². The lowest BCUT2D eigenvalue weighted by molar-refractivity contribution is 0.316. The standard InChI is InChI=1S/C10H17N/c1-4-10(3)8(2)5-6-9(10)7-11/h5-8H,4,11H2,1-3H3/b9-7-/t8-,10?/m1/s1. The number of hydrogen-bond donors (Lipinski definition) is 1. The highest BCUT2D eigenvalue weighted by atomic mass is 14.5. The third-order valence-electron chi connectivity index (χ3n) is 3.14. The van der Waals surface area contributed by atoms with Gasteiger partial charge in [-0.3, -0.25) is 0 Å². The minimum absolute atomic E-state index is 0.286. The largest absolute Gasteiger partial charge is 0.404 e. The van der Waals surface area contributed by atoms with E-state index < -0.39 is 0 Å². The fraction of sp³-hybridized carbons (Fsp3) is 0.600. The summed E-state index contributed by atoms with van der Waals surface area (Å²) >= 11 is 0. The highest BCUT2D eigenvalue weighted by Gasteiger charge is 2.34. The van der Waals surface area contributed by atoms with Crippen molar-refractivity contribution in [1.82, 2.24) is 0 Å². The Hall–Kier alpha value is -0.720. The summed E-state index contributed by atoms with van der Waals surface area (Å²) in [6, 6.07) is 0. The first-order chi connectivity index (χ1) is 5.15. The van der Waals surface area contributed by atoms with Crippen LogP contribution >= 0.6 is 0 Å². The van der Waals surface area contributed by atoms with Crippen LogP contribution in [-0.4, -0.2) is 0 Å². The molecule has 1 unspecified atom stereocenters. The zero-order chi connectivity index (χ0) is 8.48. The molecule has 0 saturated carbocycles. The highest BCUT2D eigenvalue weighted by molar-refractivity contribution is 5.33. The predicted octanol–water partition coefficient (Wildman–Crippen LogP) is 2.45. The van der Waals surface area contributed by atoms with E-state index in [1.165, 1.54) is 5.57 Å². The molecule has 0 aromatic rings. The molecule has 1 rings (SSSR count). The molecule has 1 aliphatic rings. The molecule has 1 heteroatoms. The maximum absolute atomic E-state index is 5.53. The first kappa shape index (κ1) is 8.38. The zero-order valence-corrected chi connectivity index (χ0v) is 7.59. The Morgan fingerprint density at radius 1 is 1.73 bits per heavy atom. The molecule has 0 radical (unpaired) electrons. The second kappa shape index (κ2) is 2.72. The Bertz CT molecular complexity index is 203. The third kappa shape index (κ3) is 1.09. The SMILES string of the molecule is CCC1(C)/C(=C\N)C=C[C@H]1C. The van der Waals surface area contributed by atoms with Gasteiger partial charge in [0.2, 0.25) is 0 Å². The van der Waals surface area contributed by atoms with Crippen LogP contribution in [0.5, 0.6) is 0 Å². The van der Waals surface area contributed by atoms with Crippen molar-refractivity contribution in [1.29, 1.82) is 0 Å². The van der Waals surface area contributed by atoms with Gasteiger partial charge in [0, 0.05) is 0 Å². The van der Waals surface area contributed by atoms with Crippen LogP contribution in [0.25, 0.3) is 0 Å². The topological polar surface area (TPSA) is 26.0 Å². The maximum atomic E-state index is 5.53. The minimum Gasteiger partial charge on any atom is -0.404 e. The Kier molecular flexibility index (Phi) is 2.08. The van der Waals surface area contributed by atoms with Gasteiger partial charge in [-0.05, 0) is 29.5 Å². The second-order valence-electron chi connectivity index (χ2n) is 3.54. The number of allylic oxidation sites excluding steroid dienone is 3. The van der Waals surface area contributed by atoms with Gasteiger partial charge in [0.05, 0.1) is 0 Å². The van der Waals surface area contributed by atoms with E-state index in [9.17, 15) is 0 Å². The van der Waals surface area contributed by atoms with E-state index in [-0.39, 0.29) is 5.41 Å². The molecule has 2 N–H and O–H groups in total. The quantitative estimate of drug-likeness (QED) is 0.612. The zero-order valence-electron chi connectivity index (χ0n) is 7.59. The Morgan fingerprint density at radius 3 is 2.73 bits per heavy atom. The minimum atomic E-state index is 0.286. The summed E-state index contributed by atoms with van der Waals surface area (Å²) in [6.07, 6.45) is 7.28. The van der Waals surface area contributed by atoms with Gasteiger partial charge in [-0.25, -0.2) is 0 Å². The van der Waals surface area contributed by atoms with Crippen LogP contribution in [-0.2, 0) is 0 Å². The lowest BCUT2D eigenvalue weighted by Gasteiger charge is -2.29. The third-order valence-corrected chi connectivity index (χ3v) is 3.14. The summed E-state index contributed by atoms with van der Waals surface area (Å²) < 4.78 is 0. The van der Waals surface area contributed by atoms with Crippen molar-refractivity contribution in [2.24, 2.45) is 17.1 Å². The smallest absolute Gasteiger partial charge is 0.000367 e. The maximum Gasteiger partial charge on any atom is -0.000367 e. The molecule has 0 aliphatic heterocycles. The number of hydrogen-bond acceptors (Lipinski definition) is 1. The Labute approximate surface area is 69.0 Å². The summed E-state index contributed by atoms with van der Waals surface area (Å²) in [4.78, 5) is 0. The molecule has 0 fully saturated rings. The van der Waals surface area contributed by atoms with Crippen molar-refractivity contribution < 1.29 is 0 Å². The molecular weight excluding hydrogens is 134 g/mol. The van der Waals surface area contributed by atoms with E-state index in [0.29, 0.717) is 5.92 Å². The molecule has 1 nitrogen and oxygen atoms in total. The fourth-order valence-electron chi connectivity index (χ4n) is 1.69. The number of nitrogens with two attached hydrogens (primary N) is 1. The molecule has 11 heavy (non-hydrogen) atoms. The van der Waals surface area contributed by atoms with Gasteiger partial charge in [0.25, 0.3) is 0 Å². The average Bonchev–Trinajstić information content (AvgIpc) is 2.30. The van der Waals surface area contributed by atoms with E-state index in [4.69, 9.17) is 5.73 Å². The normalized spacial score (nSPS) is 40.3. The molecule has 1 aliphatic carbocycles. The van der Waals surface area contributed by atoms with Gasteiger partial charge in [-0.15, -0.1) is 0 Å². The van der Waals surface area contributed by atoms with Gasteiger partial charge in [0.15, 0.2) is 0 Å². The van der Waals surface area contributed by atoms with Crippen molar-refractivity contribution in [3.8, 4) is 0 Å². The van der Waals surface area contributed by atoms with Crippen molar-refractivity contribution >= 4 is 0 Å². The van der Waals surface area contributed by atoms with Crippen LogP contribution in [0.1, 0.15) is 27.2 Å². The monoisotopic (exact) mass is 151 g/mol. The van der Waals surface area contributed by atoms with Crippen LogP contribution in [0, 0.1) is 11.3 Å². The van der Waals surface area contributed by atoms with Crippen molar-refractivity contribution in [3.63, 3.8) is 0 Å². The van der Waals surface area contributed by atoms with E-state index in [1.807, 2.05) is 0 Å². The van der Waals surface area contributed by atoms with E-state index >= 15 is 0 Å². The van der Waals surface area contributed by atoms with Crippen LogP contribution in [0.3, 0.4) is 0 Å². The second-order valence-corrected chi connectivity index (χ2v) is 3.54. The lowest BCUT2D eigenvalue weighted by Crippen LogP contribution is -2.21. The molecule has 0 aromatic heterocycles. The molecule has 0 spiro atoms. The van der Waals surface area contributed by atoms with Crippen molar-refractivity contribution in [2.45, 2.75) is 27.2 Å². The van der Waals surface area contributed by atoms with Gasteiger partial charge in [-0.1, -0.05) is 32.9 Å². The molecule has 62 valence electrons. The summed E-state index contributed by atoms with van der Waals surface area (Å²) in [5.41, 5.74) is 7.11. The summed E-state index contributed by atoms with van der Waals surface area (Å²) in [5.74, 6) is 0.627. The lowest BCUT2D eigenvalue weighted by atomic mass is 9.75. The molecular formula is C10H17N. The Morgan fingerprint density at radius 2 is 2.36 bits per heavy atom. The first-order valence-electron chi connectivity index (χ1n) is 4.25. The van der Waals surface area contributed by atoms with E-state index in [1.54, 1.807) is 6.20 Å². The van der Waals surface area contributed by atoms with Crippen LogP contribution in [0.2, 0.25) is 0 Å². The van der Waals surface area contributed by atoms with Crippen molar-refractivity contribution in [3.05, 3.63) is 23.9 Å². The number of rotatable bonds is 1. The molecule has 0 bridgehead atoms. The molecule has 0 aromatic carbocycles. The predicted molar refractivity (Wildman–Crippen MR) is 49.0 cm³/mol. The van der Waals surface area contributed by atoms with Crippen LogP contribution < -0.4 is 5.73 Å². The molecule has 0 saturated heterocycles. The average molecular weight is 151 g/mol. The molecule has 2 atom stereocenters. The molecule has 0 amide bonds. The van der Waals surface area contributed by atoms with Crippen molar-refractivity contribution in [2.75, 3.05) is 0 Å². The fourth-order valence-corrected chi connectivity index (χ4v) is 1.69. The van der Waals surface area contributed by atoms with Gasteiger partial charge in [-0.2, -0.15) is 0 Å². The van der Waals surface area contributed by atoms with Crippen LogP contribution in [0.4, 0.5) is 0 Å². The highest BCUT2D eigenvalue weighted by Crippen LogP contribution is 2.44.